The lowest BCUT2D eigenvalue weighted by molar-refractivity contribution is -0.140. The van der Waals surface area contributed by atoms with Crippen LogP contribution in [0.2, 0.25) is 0 Å². The zero-order valence-corrected chi connectivity index (χ0v) is 29.4. The van der Waals surface area contributed by atoms with Crippen LogP contribution in [-0.4, -0.2) is 89.1 Å². The third-order valence-electron chi connectivity index (χ3n) is 9.47. The van der Waals surface area contributed by atoms with Crippen LogP contribution in [0.5, 0.6) is 0 Å². The van der Waals surface area contributed by atoms with Crippen molar-refractivity contribution in [3.8, 4) is 5.69 Å². The molecule has 0 radical (unpaired) electrons. The van der Waals surface area contributed by atoms with Crippen molar-refractivity contribution in [1.82, 2.24) is 29.6 Å². The van der Waals surface area contributed by atoms with Gasteiger partial charge in [0.1, 0.15) is 17.5 Å². The minimum Gasteiger partial charge on any atom is -0.331 e. The van der Waals surface area contributed by atoms with Crippen molar-refractivity contribution in [3.05, 3.63) is 106 Å². The maximum absolute atomic E-state index is 14.6. The van der Waals surface area contributed by atoms with Crippen molar-refractivity contribution < 1.29 is 26.7 Å². The highest BCUT2D eigenvalue weighted by Gasteiger charge is 2.35. The quantitative estimate of drug-likeness (QED) is 0.166. The molecule has 8 nitrogen and oxygen atoms in total. The minimum atomic E-state index is -4.88. The Morgan fingerprint density at radius 3 is 2.29 bits per heavy atom. The maximum Gasteiger partial charge on any atom is 0.419 e. The summed E-state index contributed by atoms with van der Waals surface area (Å²) in [5.41, 5.74) is -0.948. The molecule has 1 N–H and O–H groups in total. The van der Waals surface area contributed by atoms with E-state index in [1.165, 1.54) is 28.8 Å². The number of para-hydroxylation sites is 1. The smallest absolute Gasteiger partial charge is 0.331 e. The predicted molar refractivity (Wildman–Crippen MR) is 188 cm³/mol. The summed E-state index contributed by atoms with van der Waals surface area (Å²) in [6.07, 6.45) is -3.04. The molecule has 5 rings (SSSR count). The van der Waals surface area contributed by atoms with E-state index in [2.05, 4.69) is 24.1 Å². The number of aromatic nitrogens is 2. The van der Waals surface area contributed by atoms with Gasteiger partial charge in [0, 0.05) is 25.2 Å². The van der Waals surface area contributed by atoms with Crippen molar-refractivity contribution >= 4 is 16.8 Å². The lowest BCUT2D eigenvalue weighted by Crippen LogP contribution is -2.46. The van der Waals surface area contributed by atoms with Gasteiger partial charge in [-0.25, -0.2) is 13.8 Å². The van der Waals surface area contributed by atoms with Crippen molar-refractivity contribution in [2.24, 2.45) is 0 Å². The molecule has 1 unspecified atom stereocenters. The van der Waals surface area contributed by atoms with Gasteiger partial charge in [-0.05, 0) is 121 Å². The van der Waals surface area contributed by atoms with Crippen LogP contribution in [0.1, 0.15) is 56.1 Å². The van der Waals surface area contributed by atoms with Crippen molar-refractivity contribution in [2.75, 3.05) is 46.8 Å². The van der Waals surface area contributed by atoms with Gasteiger partial charge in [-0.2, -0.15) is 13.2 Å². The molecule has 51 heavy (non-hydrogen) atoms. The van der Waals surface area contributed by atoms with E-state index in [1.54, 1.807) is 29.2 Å². The summed E-state index contributed by atoms with van der Waals surface area (Å²) < 4.78 is 70.0. The highest BCUT2D eigenvalue weighted by atomic mass is 19.4. The number of fused-ring (bicyclic) bond motifs is 1. The molecule has 1 saturated heterocycles. The van der Waals surface area contributed by atoms with E-state index in [9.17, 15) is 31.5 Å². The summed E-state index contributed by atoms with van der Waals surface area (Å²) in [7, 11) is 3.69. The van der Waals surface area contributed by atoms with Gasteiger partial charge in [0.2, 0.25) is 5.91 Å². The SMILES string of the molecule is CC(C)N1CCC(NCCC(c2nc3ccccc3c(=O)n2-c2ccc(F)cc2)N(CCN(C)C)C(=O)Cc2ccc(C(F)(F)F)c(F)c2)CC1. The molecule has 3 aromatic carbocycles. The number of halogens is 5. The second kappa shape index (κ2) is 16.4. The van der Waals surface area contributed by atoms with Gasteiger partial charge in [0.25, 0.3) is 5.56 Å². The monoisotopic (exact) mass is 712 g/mol. The number of nitrogens with zero attached hydrogens (tertiary/aromatic N) is 5. The number of amides is 1. The van der Waals surface area contributed by atoms with Crippen LogP contribution in [0, 0.1) is 11.6 Å². The molecule has 2 heterocycles. The minimum absolute atomic E-state index is 0.0801. The number of piperidine rings is 1. The fraction of sp³-hybridized carbons (Fsp3) is 0.447. The van der Waals surface area contributed by atoms with Crippen LogP contribution in [0.25, 0.3) is 16.6 Å². The largest absolute Gasteiger partial charge is 0.419 e. The Balaban J connectivity index is 1.58. The predicted octanol–water partition coefficient (Wildman–Crippen LogP) is 6.21. The maximum atomic E-state index is 14.6. The van der Waals surface area contributed by atoms with Crippen molar-refractivity contribution in [1.29, 1.82) is 0 Å². The second-order valence-corrected chi connectivity index (χ2v) is 13.6. The average molecular weight is 713 g/mol. The number of nitrogens with one attached hydrogen (secondary N) is 1. The van der Waals surface area contributed by atoms with Crippen molar-refractivity contribution in [2.45, 2.75) is 63.8 Å². The number of alkyl halides is 3. The van der Waals surface area contributed by atoms with E-state index in [0.29, 0.717) is 48.2 Å². The molecule has 1 aliphatic rings. The Morgan fingerprint density at radius 1 is 0.980 bits per heavy atom. The molecule has 274 valence electrons. The average Bonchev–Trinajstić information content (AvgIpc) is 3.07. The Hall–Kier alpha value is -4.20. The normalized spacial score (nSPS) is 15.2. The van der Waals surface area contributed by atoms with E-state index < -0.39 is 40.9 Å². The molecule has 13 heteroatoms. The van der Waals surface area contributed by atoms with Crippen LogP contribution in [0.15, 0.2) is 71.5 Å². The van der Waals surface area contributed by atoms with Crippen LogP contribution >= 0.6 is 0 Å². The van der Waals surface area contributed by atoms with Crippen LogP contribution in [0.3, 0.4) is 0 Å². The highest BCUT2D eigenvalue weighted by molar-refractivity contribution is 5.80. The summed E-state index contributed by atoms with van der Waals surface area (Å²) >= 11 is 0. The molecule has 4 aromatic rings. The molecular formula is C38H45F5N6O2. The van der Waals surface area contributed by atoms with Gasteiger partial charge < -0.3 is 20.0 Å². The zero-order chi connectivity index (χ0) is 36.9. The first kappa shape index (κ1) is 38.0. The Bertz CT molecular complexity index is 1850. The van der Waals surface area contributed by atoms with Gasteiger partial charge in [0.15, 0.2) is 0 Å². The summed E-state index contributed by atoms with van der Waals surface area (Å²) in [6, 6.07) is 14.7. The Morgan fingerprint density at radius 2 is 1.67 bits per heavy atom. The summed E-state index contributed by atoms with van der Waals surface area (Å²) in [4.78, 5) is 39.4. The molecule has 0 bridgehead atoms. The third-order valence-corrected chi connectivity index (χ3v) is 9.47. The number of hydrogen-bond acceptors (Lipinski definition) is 6. The number of rotatable bonds is 13. The molecule has 0 aliphatic carbocycles. The number of hydrogen-bond donors (Lipinski definition) is 1. The van der Waals surface area contributed by atoms with E-state index in [-0.39, 0.29) is 30.4 Å². The molecule has 0 saturated carbocycles. The lowest BCUT2D eigenvalue weighted by atomic mass is 10.0. The first-order valence-corrected chi connectivity index (χ1v) is 17.3. The van der Waals surface area contributed by atoms with Gasteiger partial charge >= 0.3 is 6.18 Å². The molecule has 1 fully saturated rings. The number of likely N-dealkylation sites (tertiary alicyclic amines) is 1. The first-order chi connectivity index (χ1) is 24.2. The number of carbonyl (C=O) groups excluding carboxylic acids is 1. The Labute approximate surface area is 294 Å². The lowest BCUT2D eigenvalue weighted by Gasteiger charge is -2.36. The standard InChI is InChI=1S/C38H45F5N6O2/c1-25(2)47-19-16-28(17-20-47)44-18-15-34(36-45-33-8-6-5-7-30(33)37(51)49(36)29-12-10-27(39)11-13-29)48(22-21-46(3)4)35(50)24-26-9-14-31(32(40)23-26)38(41,42)43/h5-14,23,25,28,34,44H,15-22,24H2,1-4H3. The van der Waals surface area contributed by atoms with Crippen LogP contribution < -0.4 is 10.9 Å². The molecule has 1 atom stereocenters. The topological polar surface area (TPSA) is 73.7 Å². The Kier molecular flexibility index (Phi) is 12.3. The van der Waals surface area contributed by atoms with Crippen molar-refractivity contribution in [3.63, 3.8) is 0 Å². The number of benzene rings is 3. The fourth-order valence-electron chi connectivity index (χ4n) is 6.62. The highest BCUT2D eigenvalue weighted by Crippen LogP contribution is 2.32. The van der Waals surface area contributed by atoms with Gasteiger partial charge in [-0.1, -0.05) is 18.2 Å². The molecule has 0 spiro atoms. The molecule has 1 aromatic heterocycles. The summed E-state index contributed by atoms with van der Waals surface area (Å²) in [6.45, 7) is 7.31. The van der Waals surface area contributed by atoms with Gasteiger partial charge in [-0.15, -0.1) is 0 Å². The van der Waals surface area contributed by atoms with Crippen LogP contribution in [0.4, 0.5) is 22.0 Å². The molecule has 1 aliphatic heterocycles. The van der Waals surface area contributed by atoms with Gasteiger partial charge in [0.05, 0.1) is 34.6 Å². The third kappa shape index (κ3) is 9.38. The zero-order valence-electron chi connectivity index (χ0n) is 29.4. The number of carbonyl (C=O) groups is 1. The van der Waals surface area contributed by atoms with E-state index in [4.69, 9.17) is 4.98 Å². The second-order valence-electron chi connectivity index (χ2n) is 13.6. The first-order valence-electron chi connectivity index (χ1n) is 17.3. The van der Waals surface area contributed by atoms with Crippen LogP contribution in [-0.2, 0) is 17.4 Å². The fourth-order valence-corrected chi connectivity index (χ4v) is 6.62. The van der Waals surface area contributed by atoms with E-state index in [0.717, 1.165) is 38.1 Å². The summed E-state index contributed by atoms with van der Waals surface area (Å²) in [5.74, 6) is -2.16. The molecule has 1 amide bonds. The van der Waals surface area contributed by atoms with E-state index in [1.807, 2.05) is 19.0 Å². The van der Waals surface area contributed by atoms with E-state index >= 15 is 0 Å². The molecular weight excluding hydrogens is 667 g/mol. The number of likely N-dealkylation sites (N-methyl/N-ethyl adjacent to an activating group) is 1. The van der Waals surface area contributed by atoms with Gasteiger partial charge in [-0.3, -0.25) is 14.2 Å². The summed E-state index contributed by atoms with van der Waals surface area (Å²) in [5, 5.41) is 3.98.